The Bertz CT molecular complexity index is 1060. The van der Waals surface area contributed by atoms with Crippen molar-refractivity contribution in [3.8, 4) is 0 Å². The molecule has 0 amide bonds. The number of thioether (sulfide) groups is 1. The van der Waals surface area contributed by atoms with E-state index in [1.54, 1.807) is 11.8 Å². The molecule has 3 aromatic rings. The monoisotopic (exact) mass is 412 g/mol. The molecule has 4 heterocycles. The molecule has 148 valence electrons. The van der Waals surface area contributed by atoms with Crippen LogP contribution in [0.5, 0.6) is 0 Å². The molecule has 6 heteroatoms. The van der Waals surface area contributed by atoms with Crippen LogP contribution in [0.15, 0.2) is 5.16 Å². The Morgan fingerprint density at radius 2 is 1.89 bits per heavy atom. The smallest absolute Gasteiger partial charge is 0.189 e. The zero-order valence-electron chi connectivity index (χ0n) is 17.2. The lowest BCUT2D eigenvalue weighted by Gasteiger charge is -2.34. The molecule has 0 aromatic carbocycles. The quantitative estimate of drug-likeness (QED) is 0.393. The lowest BCUT2D eigenvalue weighted by Crippen LogP contribution is -2.38. The van der Waals surface area contributed by atoms with Crippen molar-refractivity contribution in [1.29, 1.82) is 0 Å². The van der Waals surface area contributed by atoms with Gasteiger partial charge >= 0.3 is 0 Å². The highest BCUT2D eigenvalue weighted by atomic mass is 32.2. The van der Waals surface area contributed by atoms with Crippen molar-refractivity contribution in [3.05, 3.63) is 16.8 Å². The number of fused-ring (bicyclic) bond motifs is 5. The van der Waals surface area contributed by atoms with E-state index in [0.717, 1.165) is 34.3 Å². The van der Waals surface area contributed by atoms with Crippen LogP contribution >= 0.6 is 23.1 Å². The summed E-state index contributed by atoms with van der Waals surface area (Å²) in [5.41, 5.74) is 5.47. The lowest BCUT2D eigenvalue weighted by molar-refractivity contribution is 0.481. The number of hydrogen-bond acceptors (Lipinski definition) is 6. The van der Waals surface area contributed by atoms with E-state index in [2.05, 4.69) is 31.9 Å². The van der Waals surface area contributed by atoms with Crippen LogP contribution in [0.2, 0.25) is 0 Å². The van der Waals surface area contributed by atoms with Gasteiger partial charge in [0.25, 0.3) is 0 Å². The molecule has 2 aliphatic rings. The first-order valence-electron chi connectivity index (χ1n) is 10.5. The molecule has 1 aliphatic heterocycles. The number of thiophene rings is 1. The lowest BCUT2D eigenvalue weighted by atomic mass is 9.99. The highest BCUT2D eigenvalue weighted by Crippen LogP contribution is 2.44. The minimum Gasteiger partial charge on any atom is -0.353 e. The number of pyridine rings is 1. The third kappa shape index (κ3) is 2.83. The van der Waals surface area contributed by atoms with Crippen LogP contribution in [-0.2, 0) is 12.8 Å². The van der Waals surface area contributed by atoms with Crippen molar-refractivity contribution < 1.29 is 0 Å². The fourth-order valence-electron chi connectivity index (χ4n) is 4.94. The summed E-state index contributed by atoms with van der Waals surface area (Å²) >= 11 is 3.47. The third-order valence-corrected chi connectivity index (χ3v) is 7.95. The van der Waals surface area contributed by atoms with Gasteiger partial charge in [-0.1, -0.05) is 25.6 Å². The number of anilines is 1. The van der Waals surface area contributed by atoms with E-state index in [4.69, 9.17) is 15.0 Å². The van der Waals surface area contributed by atoms with Gasteiger partial charge in [-0.25, -0.2) is 15.0 Å². The van der Waals surface area contributed by atoms with Crippen molar-refractivity contribution in [2.24, 2.45) is 0 Å². The Kier molecular flexibility index (Phi) is 4.74. The first-order chi connectivity index (χ1) is 13.6. The van der Waals surface area contributed by atoms with Crippen LogP contribution in [0, 0.1) is 0 Å². The van der Waals surface area contributed by atoms with Gasteiger partial charge < -0.3 is 4.90 Å². The van der Waals surface area contributed by atoms with E-state index < -0.39 is 0 Å². The van der Waals surface area contributed by atoms with Crippen molar-refractivity contribution in [2.45, 2.75) is 76.4 Å². The van der Waals surface area contributed by atoms with E-state index in [9.17, 15) is 0 Å². The molecule has 0 saturated carbocycles. The van der Waals surface area contributed by atoms with Crippen LogP contribution in [0.4, 0.5) is 5.82 Å². The predicted octanol–water partition coefficient (Wildman–Crippen LogP) is 5.95. The highest BCUT2D eigenvalue weighted by Gasteiger charge is 2.28. The van der Waals surface area contributed by atoms with Crippen LogP contribution in [0.3, 0.4) is 0 Å². The molecule has 1 fully saturated rings. The Morgan fingerprint density at radius 1 is 1.07 bits per heavy atom. The van der Waals surface area contributed by atoms with Crippen molar-refractivity contribution in [1.82, 2.24) is 15.0 Å². The third-order valence-electron chi connectivity index (χ3n) is 6.33. The molecule has 0 unspecified atom stereocenters. The van der Waals surface area contributed by atoms with Gasteiger partial charge in [-0.2, -0.15) is 0 Å². The summed E-state index contributed by atoms with van der Waals surface area (Å²) in [6.45, 7) is 7.98. The maximum Gasteiger partial charge on any atom is 0.189 e. The topological polar surface area (TPSA) is 41.9 Å². The summed E-state index contributed by atoms with van der Waals surface area (Å²) in [7, 11) is 0. The SMILES string of the molecule is CSc1nc(N2CCCC[C@@H]2C)c2sc3nc(C(C)C)c4c(c3c2n1)CCC4. The van der Waals surface area contributed by atoms with Crippen molar-refractivity contribution >= 4 is 49.3 Å². The highest BCUT2D eigenvalue weighted by molar-refractivity contribution is 7.98. The molecule has 4 nitrogen and oxygen atoms in total. The number of aromatic nitrogens is 3. The van der Waals surface area contributed by atoms with Gasteiger partial charge in [0.1, 0.15) is 4.83 Å². The zero-order valence-corrected chi connectivity index (χ0v) is 18.8. The number of hydrogen-bond donors (Lipinski definition) is 0. The second-order valence-electron chi connectivity index (χ2n) is 8.49. The molecular weight excluding hydrogens is 384 g/mol. The first-order valence-corrected chi connectivity index (χ1v) is 12.6. The Morgan fingerprint density at radius 3 is 2.64 bits per heavy atom. The summed E-state index contributed by atoms with van der Waals surface area (Å²) in [5.74, 6) is 1.61. The van der Waals surface area contributed by atoms with Crippen LogP contribution in [0.25, 0.3) is 20.4 Å². The van der Waals surface area contributed by atoms with Crippen molar-refractivity contribution in [3.63, 3.8) is 0 Å². The summed E-state index contributed by atoms with van der Waals surface area (Å²) in [5, 5.41) is 2.21. The van der Waals surface area contributed by atoms with E-state index in [0.29, 0.717) is 12.0 Å². The Hall–Kier alpha value is -1.40. The molecular formula is C22H28N4S2. The fraction of sp³-hybridized carbons (Fsp3) is 0.591. The Labute approximate surface area is 175 Å². The first kappa shape index (κ1) is 18.6. The summed E-state index contributed by atoms with van der Waals surface area (Å²) < 4.78 is 1.24. The van der Waals surface area contributed by atoms with E-state index >= 15 is 0 Å². The molecule has 3 aromatic heterocycles. The largest absolute Gasteiger partial charge is 0.353 e. The van der Waals surface area contributed by atoms with E-state index in [-0.39, 0.29) is 0 Å². The van der Waals surface area contributed by atoms with Gasteiger partial charge in [0.05, 0.1) is 10.2 Å². The number of rotatable bonds is 3. The van der Waals surface area contributed by atoms with Gasteiger partial charge in [0.15, 0.2) is 11.0 Å². The number of aryl methyl sites for hydroxylation is 1. The predicted molar refractivity (Wildman–Crippen MR) is 121 cm³/mol. The molecule has 28 heavy (non-hydrogen) atoms. The molecule has 0 spiro atoms. The van der Waals surface area contributed by atoms with E-state index in [1.165, 1.54) is 59.0 Å². The van der Waals surface area contributed by atoms with Gasteiger partial charge in [-0.15, -0.1) is 11.3 Å². The summed E-state index contributed by atoms with van der Waals surface area (Å²) in [6, 6.07) is 0.539. The summed E-state index contributed by atoms with van der Waals surface area (Å²) in [6.07, 6.45) is 9.47. The average molecular weight is 413 g/mol. The minimum absolute atomic E-state index is 0.468. The zero-order chi connectivity index (χ0) is 19.4. The molecule has 1 atom stereocenters. The minimum atomic E-state index is 0.468. The maximum absolute atomic E-state index is 5.17. The van der Waals surface area contributed by atoms with Gasteiger partial charge in [0.2, 0.25) is 0 Å². The van der Waals surface area contributed by atoms with Crippen LogP contribution in [-0.4, -0.2) is 33.8 Å². The average Bonchev–Trinajstić information content (AvgIpc) is 3.30. The number of piperidine rings is 1. The second kappa shape index (κ2) is 7.13. The normalized spacial score (nSPS) is 19.9. The summed E-state index contributed by atoms with van der Waals surface area (Å²) in [4.78, 5) is 18.9. The van der Waals surface area contributed by atoms with Gasteiger partial charge in [-0.3, -0.25) is 0 Å². The maximum atomic E-state index is 5.17. The van der Waals surface area contributed by atoms with Gasteiger partial charge in [0, 0.05) is 23.7 Å². The van der Waals surface area contributed by atoms with E-state index in [1.807, 2.05) is 11.3 Å². The molecule has 0 bridgehead atoms. The second-order valence-corrected chi connectivity index (χ2v) is 10.3. The molecule has 1 saturated heterocycles. The molecule has 1 aliphatic carbocycles. The van der Waals surface area contributed by atoms with Gasteiger partial charge in [-0.05, 0) is 68.7 Å². The number of nitrogens with zero attached hydrogens (tertiary/aromatic N) is 4. The van der Waals surface area contributed by atoms with Crippen LogP contribution < -0.4 is 4.90 Å². The Balaban J connectivity index is 1.83. The standard InChI is InChI=1S/C22H28N4S2/c1-12(2)17-15-10-7-9-14(15)16-18-19(28-21(16)23-17)20(25-22(24-18)27-4)26-11-6-5-8-13(26)3/h12-13H,5-11H2,1-4H3/t13-/m0/s1. The van der Waals surface area contributed by atoms with Crippen LogP contribution in [0.1, 0.15) is 69.2 Å². The molecule has 5 rings (SSSR count). The fourth-order valence-corrected chi connectivity index (χ4v) is 6.46. The molecule has 0 N–H and O–H groups in total. The van der Waals surface area contributed by atoms with Crippen molar-refractivity contribution in [2.75, 3.05) is 17.7 Å². The molecule has 0 radical (unpaired) electrons.